The van der Waals surface area contributed by atoms with Crippen molar-refractivity contribution in [3.63, 3.8) is 0 Å². The smallest absolute Gasteiger partial charge is 0.293 e. The molecule has 0 heterocycles. The Labute approximate surface area is 184 Å². The minimum absolute atomic E-state index is 0.124. The maximum atomic E-state index is 12.8. The summed E-state index contributed by atoms with van der Waals surface area (Å²) in [6.07, 6.45) is 1.91. The standard InChI is InChI=1S/C24H22N4O4/c29-23(27-20-9-5-4-8-19(20)24(30)26-18-11-12-18)17-10-13-21(22(14-17)28(31)32)25-15-16-6-2-1-3-7-16/h1-10,13-14,18,25H,11-12,15H2,(H,26,30)(H,27,29). The van der Waals surface area contributed by atoms with E-state index in [-0.39, 0.29) is 23.2 Å². The maximum Gasteiger partial charge on any atom is 0.293 e. The average Bonchev–Trinajstić information content (AvgIpc) is 3.62. The van der Waals surface area contributed by atoms with Crippen molar-refractivity contribution in [2.75, 3.05) is 10.6 Å². The summed E-state index contributed by atoms with van der Waals surface area (Å²) in [5.41, 5.74) is 1.92. The number of hydrogen-bond acceptors (Lipinski definition) is 5. The zero-order valence-electron chi connectivity index (χ0n) is 17.2. The van der Waals surface area contributed by atoms with Crippen LogP contribution in [-0.2, 0) is 6.54 Å². The van der Waals surface area contributed by atoms with E-state index in [0.29, 0.717) is 23.5 Å². The van der Waals surface area contributed by atoms with Crippen molar-refractivity contribution in [3.05, 3.63) is 99.6 Å². The fourth-order valence-corrected chi connectivity index (χ4v) is 3.24. The second kappa shape index (κ2) is 9.30. The highest BCUT2D eigenvalue weighted by molar-refractivity contribution is 6.09. The second-order valence-corrected chi connectivity index (χ2v) is 7.58. The molecule has 0 radical (unpaired) electrons. The topological polar surface area (TPSA) is 113 Å². The predicted molar refractivity (Wildman–Crippen MR) is 122 cm³/mol. The lowest BCUT2D eigenvalue weighted by Crippen LogP contribution is -2.27. The number of nitrogens with one attached hydrogen (secondary N) is 3. The molecule has 0 spiro atoms. The second-order valence-electron chi connectivity index (χ2n) is 7.58. The van der Waals surface area contributed by atoms with Gasteiger partial charge in [-0.15, -0.1) is 0 Å². The van der Waals surface area contributed by atoms with Gasteiger partial charge in [0.2, 0.25) is 0 Å². The first-order valence-electron chi connectivity index (χ1n) is 10.3. The van der Waals surface area contributed by atoms with E-state index >= 15 is 0 Å². The summed E-state index contributed by atoms with van der Waals surface area (Å²) < 4.78 is 0. The summed E-state index contributed by atoms with van der Waals surface area (Å²) >= 11 is 0. The summed E-state index contributed by atoms with van der Waals surface area (Å²) in [6, 6.07) is 20.6. The molecular formula is C24H22N4O4. The van der Waals surface area contributed by atoms with Crippen LogP contribution >= 0.6 is 0 Å². The zero-order valence-corrected chi connectivity index (χ0v) is 17.2. The van der Waals surface area contributed by atoms with Crippen molar-refractivity contribution in [2.45, 2.75) is 25.4 Å². The van der Waals surface area contributed by atoms with E-state index in [1.165, 1.54) is 18.2 Å². The summed E-state index contributed by atoms with van der Waals surface area (Å²) in [7, 11) is 0. The number of rotatable bonds is 8. The first-order chi connectivity index (χ1) is 15.5. The molecule has 0 aromatic heterocycles. The lowest BCUT2D eigenvalue weighted by Gasteiger charge is -2.12. The van der Waals surface area contributed by atoms with Crippen molar-refractivity contribution >= 4 is 28.9 Å². The third kappa shape index (κ3) is 5.10. The van der Waals surface area contributed by atoms with Crippen molar-refractivity contribution in [3.8, 4) is 0 Å². The number of nitro groups is 1. The molecule has 0 unspecified atom stereocenters. The van der Waals surface area contributed by atoms with Crippen LogP contribution in [0.4, 0.5) is 17.1 Å². The molecule has 0 saturated heterocycles. The Bertz CT molecular complexity index is 1160. The van der Waals surface area contributed by atoms with Crippen LogP contribution in [0.25, 0.3) is 0 Å². The molecule has 8 nitrogen and oxygen atoms in total. The molecule has 1 aliphatic carbocycles. The van der Waals surface area contributed by atoms with Crippen LogP contribution in [-0.4, -0.2) is 22.8 Å². The quantitative estimate of drug-likeness (QED) is 0.363. The summed E-state index contributed by atoms with van der Waals surface area (Å²) in [6.45, 7) is 0.413. The van der Waals surface area contributed by atoms with Gasteiger partial charge in [0.15, 0.2) is 0 Å². The number of hydrogen-bond donors (Lipinski definition) is 3. The number of amides is 2. The van der Waals surface area contributed by atoms with Gasteiger partial charge < -0.3 is 16.0 Å². The number of para-hydroxylation sites is 1. The lowest BCUT2D eigenvalue weighted by molar-refractivity contribution is -0.384. The maximum absolute atomic E-state index is 12.8. The lowest BCUT2D eigenvalue weighted by atomic mass is 10.1. The third-order valence-corrected chi connectivity index (χ3v) is 5.11. The molecular weight excluding hydrogens is 408 g/mol. The predicted octanol–water partition coefficient (Wildman–Crippen LogP) is 4.35. The first kappa shape index (κ1) is 21.0. The van der Waals surface area contributed by atoms with Crippen LogP contribution in [0.2, 0.25) is 0 Å². The Balaban J connectivity index is 1.51. The van der Waals surface area contributed by atoms with Gasteiger partial charge in [0.1, 0.15) is 5.69 Å². The SMILES string of the molecule is O=C(Nc1ccccc1C(=O)NC1CC1)c1ccc(NCc2ccccc2)c([N+](=O)[O-])c1. The average molecular weight is 430 g/mol. The highest BCUT2D eigenvalue weighted by Crippen LogP contribution is 2.27. The molecule has 0 atom stereocenters. The number of carbonyl (C=O) groups excluding carboxylic acids is 2. The van der Waals surface area contributed by atoms with Gasteiger partial charge in [0, 0.05) is 24.2 Å². The fourth-order valence-electron chi connectivity index (χ4n) is 3.24. The van der Waals surface area contributed by atoms with Crippen LogP contribution < -0.4 is 16.0 Å². The monoisotopic (exact) mass is 430 g/mol. The Morgan fingerprint density at radius 2 is 1.62 bits per heavy atom. The van der Waals surface area contributed by atoms with E-state index in [1.807, 2.05) is 30.3 Å². The first-order valence-corrected chi connectivity index (χ1v) is 10.3. The van der Waals surface area contributed by atoms with Crippen LogP contribution in [0.5, 0.6) is 0 Å². The van der Waals surface area contributed by atoms with Gasteiger partial charge in [-0.2, -0.15) is 0 Å². The van der Waals surface area contributed by atoms with Gasteiger partial charge in [-0.3, -0.25) is 19.7 Å². The molecule has 1 aliphatic rings. The summed E-state index contributed by atoms with van der Waals surface area (Å²) in [5.74, 6) is -0.788. The van der Waals surface area contributed by atoms with Crippen molar-refractivity contribution in [1.82, 2.24) is 5.32 Å². The summed E-state index contributed by atoms with van der Waals surface area (Å²) in [4.78, 5) is 36.3. The molecule has 162 valence electrons. The number of anilines is 2. The van der Waals surface area contributed by atoms with E-state index in [1.54, 1.807) is 24.3 Å². The molecule has 3 N–H and O–H groups in total. The Morgan fingerprint density at radius 1 is 0.906 bits per heavy atom. The largest absolute Gasteiger partial charge is 0.375 e. The molecule has 4 rings (SSSR count). The minimum atomic E-state index is -0.533. The molecule has 3 aromatic rings. The van der Waals surface area contributed by atoms with Gasteiger partial charge in [-0.25, -0.2) is 0 Å². The Morgan fingerprint density at radius 3 is 2.34 bits per heavy atom. The molecule has 0 aliphatic heterocycles. The van der Waals surface area contributed by atoms with Crippen molar-refractivity contribution in [1.29, 1.82) is 0 Å². The molecule has 32 heavy (non-hydrogen) atoms. The van der Waals surface area contributed by atoms with Crippen LogP contribution in [0.1, 0.15) is 39.1 Å². The van der Waals surface area contributed by atoms with Gasteiger partial charge >= 0.3 is 0 Å². The number of nitro benzene ring substituents is 1. The molecule has 0 bridgehead atoms. The highest BCUT2D eigenvalue weighted by Gasteiger charge is 2.25. The van der Waals surface area contributed by atoms with E-state index in [2.05, 4.69) is 16.0 Å². The number of benzene rings is 3. The van der Waals surface area contributed by atoms with Crippen molar-refractivity contribution < 1.29 is 14.5 Å². The molecule has 1 fully saturated rings. The van der Waals surface area contributed by atoms with Gasteiger partial charge in [-0.1, -0.05) is 42.5 Å². The van der Waals surface area contributed by atoms with E-state index in [0.717, 1.165) is 18.4 Å². The zero-order chi connectivity index (χ0) is 22.5. The number of carbonyl (C=O) groups is 2. The highest BCUT2D eigenvalue weighted by atomic mass is 16.6. The normalized spacial score (nSPS) is 12.6. The minimum Gasteiger partial charge on any atom is -0.375 e. The Hall–Kier alpha value is -4.20. The van der Waals surface area contributed by atoms with E-state index in [4.69, 9.17) is 0 Å². The van der Waals surface area contributed by atoms with Crippen LogP contribution in [0.3, 0.4) is 0 Å². The van der Waals surface area contributed by atoms with Crippen LogP contribution in [0.15, 0.2) is 72.8 Å². The van der Waals surface area contributed by atoms with Crippen molar-refractivity contribution in [2.24, 2.45) is 0 Å². The van der Waals surface area contributed by atoms with Gasteiger partial charge in [0.25, 0.3) is 17.5 Å². The van der Waals surface area contributed by atoms with Crippen LogP contribution in [0, 0.1) is 10.1 Å². The molecule has 2 amide bonds. The molecule has 3 aromatic carbocycles. The molecule has 1 saturated carbocycles. The number of nitrogens with zero attached hydrogens (tertiary/aromatic N) is 1. The Kier molecular flexibility index (Phi) is 6.12. The summed E-state index contributed by atoms with van der Waals surface area (Å²) in [5, 5.41) is 20.2. The van der Waals surface area contributed by atoms with Gasteiger partial charge in [-0.05, 0) is 42.7 Å². The van der Waals surface area contributed by atoms with Gasteiger partial charge in [0.05, 0.1) is 16.2 Å². The third-order valence-electron chi connectivity index (χ3n) is 5.11. The van der Waals surface area contributed by atoms with E-state index in [9.17, 15) is 19.7 Å². The molecule has 8 heteroatoms. The fraction of sp³-hybridized carbons (Fsp3) is 0.167. The van der Waals surface area contributed by atoms with E-state index < -0.39 is 10.8 Å².